The molecule has 2 N–H and O–H groups in total. The lowest BCUT2D eigenvalue weighted by molar-refractivity contribution is 0.0740. The van der Waals surface area contributed by atoms with Crippen molar-refractivity contribution >= 4 is 40.1 Å². The van der Waals surface area contributed by atoms with Crippen molar-refractivity contribution in [2.24, 2.45) is 11.1 Å². The zero-order chi connectivity index (χ0) is 13.9. The number of halogens is 2. The van der Waals surface area contributed by atoms with Crippen molar-refractivity contribution < 1.29 is 4.79 Å². The van der Waals surface area contributed by atoms with Gasteiger partial charge in [0, 0.05) is 17.2 Å². The van der Waals surface area contributed by atoms with E-state index in [1.807, 2.05) is 19.9 Å². The van der Waals surface area contributed by atoms with Crippen molar-refractivity contribution in [3.05, 3.63) is 32.4 Å². The highest BCUT2D eigenvalue weighted by molar-refractivity contribution is 14.1. The molecule has 0 spiro atoms. The van der Waals surface area contributed by atoms with E-state index >= 15 is 0 Å². The molecule has 1 amide bonds. The zero-order valence-corrected chi connectivity index (χ0v) is 13.7. The summed E-state index contributed by atoms with van der Waals surface area (Å²) in [6.07, 6.45) is 0. The van der Waals surface area contributed by atoms with Gasteiger partial charge in [0.25, 0.3) is 5.91 Å². The summed E-state index contributed by atoms with van der Waals surface area (Å²) in [7, 11) is 1.77. The number of nitrogens with zero attached hydrogens (tertiary/aromatic N) is 1. The monoisotopic (exact) mass is 380 g/mol. The van der Waals surface area contributed by atoms with Crippen molar-refractivity contribution in [3.8, 4) is 0 Å². The summed E-state index contributed by atoms with van der Waals surface area (Å²) < 4.78 is 1.01. The van der Waals surface area contributed by atoms with Gasteiger partial charge in [0.2, 0.25) is 0 Å². The van der Waals surface area contributed by atoms with Crippen LogP contribution in [0, 0.1) is 8.99 Å². The van der Waals surface area contributed by atoms with E-state index in [-0.39, 0.29) is 11.3 Å². The summed E-state index contributed by atoms with van der Waals surface area (Å²) in [5.41, 5.74) is 6.12. The van der Waals surface area contributed by atoms with Crippen LogP contribution in [0.4, 0.5) is 0 Å². The highest BCUT2D eigenvalue weighted by atomic mass is 127. The first-order valence-electron chi connectivity index (χ1n) is 5.67. The molecule has 1 aromatic carbocycles. The topological polar surface area (TPSA) is 46.3 Å². The summed E-state index contributed by atoms with van der Waals surface area (Å²) >= 11 is 8.26. The minimum atomic E-state index is -0.0971. The first kappa shape index (κ1) is 15.7. The lowest BCUT2D eigenvalue weighted by Crippen LogP contribution is -2.39. The van der Waals surface area contributed by atoms with E-state index in [4.69, 9.17) is 17.3 Å². The molecule has 1 rings (SSSR count). The molecule has 0 radical (unpaired) electrons. The van der Waals surface area contributed by atoms with Crippen LogP contribution in [-0.4, -0.2) is 30.9 Å². The third-order valence-corrected chi connectivity index (χ3v) is 3.71. The van der Waals surface area contributed by atoms with Crippen LogP contribution in [0.2, 0.25) is 5.02 Å². The summed E-state index contributed by atoms with van der Waals surface area (Å²) in [5.74, 6) is -0.0714. The van der Waals surface area contributed by atoms with Gasteiger partial charge in [-0.05, 0) is 52.7 Å². The standard InChI is InChI=1S/C13H18ClIN2O/c1-13(2,7-16)8-17(3)12(18)10-5-4-9(15)6-11(10)14/h4-6H,7-8,16H2,1-3H3. The van der Waals surface area contributed by atoms with E-state index in [0.29, 0.717) is 23.7 Å². The number of carbonyl (C=O) groups excluding carboxylic acids is 1. The third-order valence-electron chi connectivity index (χ3n) is 2.73. The van der Waals surface area contributed by atoms with Crippen LogP contribution >= 0.6 is 34.2 Å². The summed E-state index contributed by atoms with van der Waals surface area (Å²) in [6, 6.07) is 5.43. The van der Waals surface area contributed by atoms with Gasteiger partial charge in [-0.25, -0.2) is 0 Å². The Labute approximate surface area is 127 Å². The minimum absolute atomic E-state index is 0.0714. The van der Waals surface area contributed by atoms with Gasteiger partial charge in [-0.3, -0.25) is 4.79 Å². The number of nitrogens with two attached hydrogens (primary N) is 1. The first-order valence-corrected chi connectivity index (χ1v) is 7.13. The molecule has 0 saturated carbocycles. The molecule has 0 heterocycles. The van der Waals surface area contributed by atoms with E-state index in [1.165, 1.54) is 0 Å². The minimum Gasteiger partial charge on any atom is -0.341 e. The molecule has 0 aliphatic heterocycles. The van der Waals surface area contributed by atoms with E-state index in [1.54, 1.807) is 24.1 Å². The van der Waals surface area contributed by atoms with Crippen molar-refractivity contribution in [1.82, 2.24) is 4.90 Å². The smallest absolute Gasteiger partial charge is 0.255 e. The Bertz CT molecular complexity index is 449. The Balaban J connectivity index is 2.87. The molecule has 18 heavy (non-hydrogen) atoms. The highest BCUT2D eigenvalue weighted by Gasteiger charge is 2.23. The maximum Gasteiger partial charge on any atom is 0.255 e. The normalized spacial score (nSPS) is 11.4. The number of benzene rings is 1. The molecule has 5 heteroatoms. The fraction of sp³-hybridized carbons (Fsp3) is 0.462. The Kier molecular flexibility index (Phi) is 5.43. The average molecular weight is 381 g/mol. The molecule has 0 fully saturated rings. The predicted octanol–water partition coefficient (Wildman–Crippen LogP) is 3.00. The molecule has 3 nitrogen and oxygen atoms in total. The maximum absolute atomic E-state index is 12.3. The molecule has 1 aromatic rings. The zero-order valence-electron chi connectivity index (χ0n) is 10.8. The van der Waals surface area contributed by atoms with Gasteiger partial charge in [0.15, 0.2) is 0 Å². The van der Waals surface area contributed by atoms with Crippen LogP contribution in [0.25, 0.3) is 0 Å². The quantitative estimate of drug-likeness (QED) is 0.816. The molecule has 0 aromatic heterocycles. The van der Waals surface area contributed by atoms with Gasteiger partial charge < -0.3 is 10.6 Å². The SMILES string of the molecule is CN(CC(C)(C)CN)C(=O)c1ccc(I)cc1Cl. The number of amides is 1. The molecular weight excluding hydrogens is 363 g/mol. The highest BCUT2D eigenvalue weighted by Crippen LogP contribution is 2.22. The van der Waals surface area contributed by atoms with Gasteiger partial charge in [0.1, 0.15) is 0 Å². The summed E-state index contributed by atoms with van der Waals surface area (Å²) in [5, 5.41) is 0.490. The molecule has 100 valence electrons. The fourth-order valence-electron chi connectivity index (χ4n) is 1.65. The van der Waals surface area contributed by atoms with Crippen LogP contribution < -0.4 is 5.73 Å². The van der Waals surface area contributed by atoms with Crippen molar-refractivity contribution in [2.75, 3.05) is 20.1 Å². The van der Waals surface area contributed by atoms with Gasteiger partial charge in [-0.2, -0.15) is 0 Å². The van der Waals surface area contributed by atoms with Crippen LogP contribution in [0.15, 0.2) is 18.2 Å². The van der Waals surface area contributed by atoms with E-state index in [2.05, 4.69) is 22.6 Å². The lowest BCUT2D eigenvalue weighted by atomic mass is 9.93. The molecule has 0 aliphatic rings. The summed E-state index contributed by atoms with van der Waals surface area (Å²) in [4.78, 5) is 13.9. The van der Waals surface area contributed by atoms with Crippen molar-refractivity contribution in [2.45, 2.75) is 13.8 Å². The largest absolute Gasteiger partial charge is 0.341 e. The molecule has 0 saturated heterocycles. The van der Waals surface area contributed by atoms with Crippen molar-refractivity contribution in [3.63, 3.8) is 0 Å². The third kappa shape index (κ3) is 4.10. The number of hydrogen-bond donors (Lipinski definition) is 1. The van der Waals surface area contributed by atoms with E-state index in [0.717, 1.165) is 3.57 Å². The van der Waals surface area contributed by atoms with Crippen molar-refractivity contribution in [1.29, 1.82) is 0 Å². The Morgan fingerprint density at radius 2 is 2.11 bits per heavy atom. The molecular formula is C13H18ClIN2O. The second-order valence-electron chi connectivity index (χ2n) is 5.15. The second kappa shape index (κ2) is 6.21. The van der Waals surface area contributed by atoms with Crippen LogP contribution in [0.1, 0.15) is 24.2 Å². The van der Waals surface area contributed by atoms with E-state index in [9.17, 15) is 4.79 Å². The average Bonchev–Trinajstić information content (AvgIpc) is 2.27. The number of carbonyl (C=O) groups is 1. The second-order valence-corrected chi connectivity index (χ2v) is 6.81. The van der Waals surface area contributed by atoms with Gasteiger partial charge in [-0.15, -0.1) is 0 Å². The summed E-state index contributed by atoms with van der Waals surface area (Å²) in [6.45, 7) is 5.20. The number of rotatable bonds is 4. The molecule has 0 unspecified atom stereocenters. The van der Waals surface area contributed by atoms with Crippen LogP contribution in [0.3, 0.4) is 0 Å². The van der Waals surface area contributed by atoms with Crippen LogP contribution in [0.5, 0.6) is 0 Å². The Morgan fingerprint density at radius 1 is 1.50 bits per heavy atom. The van der Waals surface area contributed by atoms with Gasteiger partial charge >= 0.3 is 0 Å². The molecule has 0 bridgehead atoms. The number of hydrogen-bond acceptors (Lipinski definition) is 2. The Hall–Kier alpha value is -0.330. The van der Waals surface area contributed by atoms with Gasteiger partial charge in [0.05, 0.1) is 10.6 Å². The lowest BCUT2D eigenvalue weighted by Gasteiger charge is -2.29. The fourth-order valence-corrected chi connectivity index (χ4v) is 2.58. The van der Waals surface area contributed by atoms with Crippen LogP contribution in [-0.2, 0) is 0 Å². The molecule has 0 aliphatic carbocycles. The first-order chi connectivity index (χ1) is 8.26. The predicted molar refractivity (Wildman–Crippen MR) is 84.0 cm³/mol. The van der Waals surface area contributed by atoms with E-state index < -0.39 is 0 Å². The maximum atomic E-state index is 12.3. The Morgan fingerprint density at radius 3 is 2.61 bits per heavy atom. The molecule has 0 atom stereocenters. The van der Waals surface area contributed by atoms with Gasteiger partial charge in [-0.1, -0.05) is 25.4 Å².